The zero-order valence-electron chi connectivity index (χ0n) is 10.7. The Balaban J connectivity index is 2.30. The highest BCUT2D eigenvalue weighted by atomic mass is 35.5. The number of carbonyl (C=O) groups is 1. The van der Waals surface area contributed by atoms with E-state index in [9.17, 15) is 14.3 Å². The largest absolute Gasteiger partial charge is 0.482 e. The van der Waals surface area contributed by atoms with Crippen molar-refractivity contribution in [2.45, 2.75) is 25.9 Å². The number of aliphatic hydroxyl groups is 1. The van der Waals surface area contributed by atoms with Gasteiger partial charge in [-0.05, 0) is 31.0 Å². The Morgan fingerprint density at radius 1 is 1.58 bits per heavy atom. The fraction of sp³-hybridized carbons (Fsp3) is 0.462. The molecule has 1 rings (SSSR count). The summed E-state index contributed by atoms with van der Waals surface area (Å²) in [7, 11) is 0. The molecule has 1 unspecified atom stereocenters. The van der Waals surface area contributed by atoms with E-state index in [2.05, 4.69) is 5.32 Å². The first-order chi connectivity index (χ1) is 9.02. The number of ether oxygens (including phenoxy) is 1. The number of benzene rings is 1. The third kappa shape index (κ3) is 5.89. The summed E-state index contributed by atoms with van der Waals surface area (Å²) in [5.41, 5.74) is 0. The van der Waals surface area contributed by atoms with Crippen LogP contribution in [-0.4, -0.2) is 30.3 Å². The zero-order valence-corrected chi connectivity index (χ0v) is 11.4. The van der Waals surface area contributed by atoms with Crippen molar-refractivity contribution in [3.05, 3.63) is 29.0 Å². The first-order valence-electron chi connectivity index (χ1n) is 6.05. The highest BCUT2D eigenvalue weighted by molar-refractivity contribution is 6.32. The molecule has 1 atom stereocenters. The van der Waals surface area contributed by atoms with Crippen molar-refractivity contribution in [3.8, 4) is 5.75 Å². The highest BCUT2D eigenvalue weighted by Crippen LogP contribution is 2.24. The molecular weight excluding hydrogens is 273 g/mol. The average molecular weight is 290 g/mol. The summed E-state index contributed by atoms with van der Waals surface area (Å²) < 4.78 is 17.9. The van der Waals surface area contributed by atoms with E-state index in [1.807, 2.05) is 6.92 Å². The van der Waals surface area contributed by atoms with E-state index < -0.39 is 11.9 Å². The SMILES string of the molecule is CCC(O)CCNC(=O)COc1ccc(F)cc1Cl. The predicted molar refractivity (Wildman–Crippen MR) is 70.8 cm³/mol. The van der Waals surface area contributed by atoms with Gasteiger partial charge in [0.05, 0.1) is 11.1 Å². The molecule has 1 amide bonds. The monoisotopic (exact) mass is 289 g/mol. The lowest BCUT2D eigenvalue weighted by Crippen LogP contribution is -2.31. The maximum atomic E-state index is 12.8. The van der Waals surface area contributed by atoms with Crippen LogP contribution in [-0.2, 0) is 4.79 Å². The summed E-state index contributed by atoms with van der Waals surface area (Å²) in [5, 5.41) is 12.0. The molecular formula is C13H17ClFNO3. The van der Waals surface area contributed by atoms with Gasteiger partial charge in [0.25, 0.3) is 5.91 Å². The average Bonchev–Trinajstić information content (AvgIpc) is 2.37. The van der Waals surface area contributed by atoms with Crippen LogP contribution in [0.25, 0.3) is 0 Å². The van der Waals surface area contributed by atoms with Gasteiger partial charge in [0.2, 0.25) is 0 Å². The third-order valence-corrected chi connectivity index (χ3v) is 2.82. The highest BCUT2D eigenvalue weighted by Gasteiger charge is 2.07. The van der Waals surface area contributed by atoms with Gasteiger partial charge in [0.1, 0.15) is 11.6 Å². The Kier molecular flexibility index (Phi) is 6.59. The number of halogens is 2. The molecule has 19 heavy (non-hydrogen) atoms. The molecule has 1 aromatic rings. The molecule has 0 aromatic heterocycles. The standard InChI is InChI=1S/C13H17ClFNO3/c1-2-10(17)5-6-16-13(18)8-19-12-4-3-9(15)7-11(12)14/h3-4,7,10,17H,2,5-6,8H2,1H3,(H,16,18). The van der Waals surface area contributed by atoms with Crippen molar-refractivity contribution in [1.29, 1.82) is 0 Å². The van der Waals surface area contributed by atoms with E-state index in [-0.39, 0.29) is 23.3 Å². The Hall–Kier alpha value is -1.33. The van der Waals surface area contributed by atoms with Gasteiger partial charge in [-0.3, -0.25) is 4.79 Å². The van der Waals surface area contributed by atoms with Crippen molar-refractivity contribution in [2.24, 2.45) is 0 Å². The fourth-order valence-corrected chi connectivity index (χ4v) is 1.59. The molecule has 0 saturated carbocycles. The second-order valence-corrected chi connectivity index (χ2v) is 4.47. The van der Waals surface area contributed by atoms with Gasteiger partial charge in [-0.25, -0.2) is 4.39 Å². The maximum absolute atomic E-state index is 12.8. The summed E-state index contributed by atoms with van der Waals surface area (Å²) in [6.45, 7) is 2.05. The van der Waals surface area contributed by atoms with Crippen LogP contribution in [0.15, 0.2) is 18.2 Å². The Labute approximate surface area is 116 Å². The molecule has 4 nitrogen and oxygen atoms in total. The zero-order chi connectivity index (χ0) is 14.3. The van der Waals surface area contributed by atoms with Crippen LogP contribution in [0.3, 0.4) is 0 Å². The minimum absolute atomic E-state index is 0.120. The van der Waals surface area contributed by atoms with Crippen molar-refractivity contribution in [1.82, 2.24) is 5.32 Å². The van der Waals surface area contributed by atoms with E-state index >= 15 is 0 Å². The molecule has 0 spiro atoms. The molecule has 6 heteroatoms. The van der Waals surface area contributed by atoms with Gasteiger partial charge in [-0.15, -0.1) is 0 Å². The molecule has 0 aliphatic rings. The van der Waals surface area contributed by atoms with Gasteiger partial charge in [0, 0.05) is 6.54 Å². The first-order valence-corrected chi connectivity index (χ1v) is 6.43. The summed E-state index contributed by atoms with van der Waals surface area (Å²) in [4.78, 5) is 11.4. The number of amides is 1. The third-order valence-electron chi connectivity index (χ3n) is 2.52. The number of nitrogens with one attached hydrogen (secondary N) is 1. The van der Waals surface area contributed by atoms with Gasteiger partial charge in [-0.2, -0.15) is 0 Å². The first kappa shape index (κ1) is 15.7. The number of hydrogen-bond donors (Lipinski definition) is 2. The lowest BCUT2D eigenvalue weighted by atomic mass is 10.2. The van der Waals surface area contributed by atoms with E-state index in [0.29, 0.717) is 19.4 Å². The molecule has 2 N–H and O–H groups in total. The van der Waals surface area contributed by atoms with E-state index in [1.54, 1.807) is 0 Å². The minimum Gasteiger partial charge on any atom is -0.482 e. The molecule has 0 aliphatic heterocycles. The van der Waals surface area contributed by atoms with E-state index in [1.165, 1.54) is 12.1 Å². The van der Waals surface area contributed by atoms with E-state index in [4.69, 9.17) is 16.3 Å². The molecule has 0 heterocycles. The van der Waals surface area contributed by atoms with Gasteiger partial charge in [-0.1, -0.05) is 18.5 Å². The van der Waals surface area contributed by atoms with Crippen LogP contribution in [0.1, 0.15) is 19.8 Å². The van der Waals surface area contributed by atoms with Crippen LogP contribution >= 0.6 is 11.6 Å². The van der Waals surface area contributed by atoms with Crippen LogP contribution in [0, 0.1) is 5.82 Å². The molecule has 106 valence electrons. The lowest BCUT2D eigenvalue weighted by Gasteiger charge is -2.10. The van der Waals surface area contributed by atoms with Crippen molar-refractivity contribution < 1.29 is 19.0 Å². The van der Waals surface area contributed by atoms with Crippen LogP contribution < -0.4 is 10.1 Å². The second-order valence-electron chi connectivity index (χ2n) is 4.06. The smallest absolute Gasteiger partial charge is 0.257 e. The van der Waals surface area contributed by atoms with Crippen molar-refractivity contribution in [2.75, 3.05) is 13.2 Å². The molecule has 0 fully saturated rings. The summed E-state index contributed by atoms with van der Waals surface area (Å²) in [6, 6.07) is 3.69. The minimum atomic E-state index is -0.463. The number of rotatable bonds is 7. The van der Waals surface area contributed by atoms with Gasteiger partial charge in [0.15, 0.2) is 6.61 Å². The van der Waals surface area contributed by atoms with Crippen LogP contribution in [0.2, 0.25) is 5.02 Å². The molecule has 1 aromatic carbocycles. The lowest BCUT2D eigenvalue weighted by molar-refractivity contribution is -0.123. The predicted octanol–water partition coefficient (Wildman–Crippen LogP) is 2.14. The normalized spacial score (nSPS) is 12.0. The van der Waals surface area contributed by atoms with Gasteiger partial charge >= 0.3 is 0 Å². The molecule has 0 aliphatic carbocycles. The van der Waals surface area contributed by atoms with Crippen LogP contribution in [0.5, 0.6) is 5.75 Å². The summed E-state index contributed by atoms with van der Waals surface area (Å²) in [5.74, 6) is -0.522. The van der Waals surface area contributed by atoms with Crippen molar-refractivity contribution in [3.63, 3.8) is 0 Å². The Bertz CT molecular complexity index is 428. The summed E-state index contributed by atoms with van der Waals surface area (Å²) >= 11 is 5.75. The number of aliphatic hydroxyl groups excluding tert-OH is 1. The molecule has 0 radical (unpaired) electrons. The quantitative estimate of drug-likeness (QED) is 0.808. The summed E-state index contributed by atoms with van der Waals surface area (Å²) in [6.07, 6.45) is 0.740. The Morgan fingerprint density at radius 3 is 2.95 bits per heavy atom. The Morgan fingerprint density at radius 2 is 2.32 bits per heavy atom. The molecule has 0 saturated heterocycles. The van der Waals surface area contributed by atoms with Crippen LogP contribution in [0.4, 0.5) is 4.39 Å². The number of carbonyl (C=O) groups excluding carboxylic acids is 1. The molecule has 0 bridgehead atoms. The second kappa shape index (κ2) is 7.96. The fourth-order valence-electron chi connectivity index (χ4n) is 1.37. The van der Waals surface area contributed by atoms with Gasteiger partial charge < -0.3 is 15.2 Å². The van der Waals surface area contributed by atoms with Crippen molar-refractivity contribution >= 4 is 17.5 Å². The number of hydrogen-bond acceptors (Lipinski definition) is 3. The maximum Gasteiger partial charge on any atom is 0.257 e. The topological polar surface area (TPSA) is 58.6 Å². The van der Waals surface area contributed by atoms with E-state index in [0.717, 1.165) is 6.07 Å².